The minimum absolute atomic E-state index is 0.244. The number of esters is 1. The molecule has 0 aliphatic carbocycles. The molecule has 1 aliphatic rings. The van der Waals surface area contributed by atoms with Crippen molar-refractivity contribution in [3.63, 3.8) is 0 Å². The van der Waals surface area contributed by atoms with E-state index >= 15 is 0 Å². The Morgan fingerprint density at radius 1 is 1.14 bits per heavy atom. The van der Waals surface area contributed by atoms with E-state index in [0.29, 0.717) is 17.1 Å². The fourth-order valence-electron chi connectivity index (χ4n) is 2.66. The van der Waals surface area contributed by atoms with Gasteiger partial charge in [0.05, 0.1) is 14.2 Å². The summed E-state index contributed by atoms with van der Waals surface area (Å²) in [5.74, 6) is 0.864. The minimum atomic E-state index is -0.341. The van der Waals surface area contributed by atoms with Gasteiger partial charge in [0.1, 0.15) is 23.2 Å². The molecule has 0 amide bonds. The molecule has 4 nitrogen and oxygen atoms in total. The van der Waals surface area contributed by atoms with E-state index in [2.05, 4.69) is 6.08 Å². The Hall–Kier alpha value is -1.97. The van der Waals surface area contributed by atoms with E-state index < -0.39 is 0 Å². The Balaban J connectivity index is 2.42. The number of carbonyl (C=O) groups is 1. The van der Waals surface area contributed by atoms with Crippen LogP contribution in [0.5, 0.6) is 11.5 Å². The Morgan fingerprint density at radius 3 is 2.68 bits per heavy atom. The van der Waals surface area contributed by atoms with Crippen LogP contribution >= 0.6 is 0 Å². The second kappa shape index (κ2) is 7.87. The molecule has 4 heteroatoms. The van der Waals surface area contributed by atoms with Gasteiger partial charge in [-0.05, 0) is 50.3 Å². The minimum Gasteiger partial charge on any atom is -0.497 e. The quantitative estimate of drug-likeness (QED) is 0.613. The first-order valence-electron chi connectivity index (χ1n) is 7.78. The summed E-state index contributed by atoms with van der Waals surface area (Å²) in [7, 11) is 3.17. The number of hydrogen-bond acceptors (Lipinski definition) is 4. The summed E-state index contributed by atoms with van der Waals surface area (Å²) in [5.41, 5.74) is 1.45. The zero-order valence-electron chi connectivity index (χ0n) is 13.6. The van der Waals surface area contributed by atoms with Gasteiger partial charge in [0, 0.05) is 6.07 Å². The van der Waals surface area contributed by atoms with Crippen molar-refractivity contribution in [2.45, 2.75) is 45.1 Å². The standard InChI is InChI=1S/C18H24O4/c1-13-9-7-5-4-6-8-10-14-11-15(20-2)12-16(21-3)17(14)18(19)22-13/h7,9,11-13H,4-6,8,10H2,1-3H3/t13-/m1/s1. The Morgan fingerprint density at radius 2 is 1.95 bits per heavy atom. The van der Waals surface area contributed by atoms with E-state index in [4.69, 9.17) is 14.2 Å². The van der Waals surface area contributed by atoms with Crippen LogP contribution in [0.4, 0.5) is 0 Å². The number of carbonyl (C=O) groups excluding carboxylic acids is 1. The van der Waals surface area contributed by atoms with E-state index in [1.54, 1.807) is 20.3 Å². The van der Waals surface area contributed by atoms with E-state index in [0.717, 1.165) is 37.7 Å². The highest BCUT2D eigenvalue weighted by molar-refractivity contribution is 5.94. The summed E-state index contributed by atoms with van der Waals surface area (Å²) in [6, 6.07) is 3.64. The van der Waals surface area contributed by atoms with E-state index in [9.17, 15) is 4.79 Å². The highest BCUT2D eigenvalue weighted by atomic mass is 16.5. The Kier molecular flexibility index (Phi) is 5.87. The molecule has 1 aliphatic heterocycles. The monoisotopic (exact) mass is 304 g/mol. The van der Waals surface area contributed by atoms with Gasteiger partial charge >= 0.3 is 5.97 Å². The van der Waals surface area contributed by atoms with Crippen LogP contribution in [0.25, 0.3) is 0 Å². The predicted molar refractivity (Wildman–Crippen MR) is 85.7 cm³/mol. The third-order valence-corrected chi connectivity index (χ3v) is 3.83. The fraction of sp³-hybridized carbons (Fsp3) is 0.500. The van der Waals surface area contributed by atoms with Gasteiger partial charge in [0.15, 0.2) is 0 Å². The number of methoxy groups -OCH3 is 2. The third-order valence-electron chi connectivity index (χ3n) is 3.83. The van der Waals surface area contributed by atoms with Gasteiger partial charge in [-0.3, -0.25) is 0 Å². The Labute approximate surface area is 132 Å². The van der Waals surface area contributed by atoms with Crippen molar-refractivity contribution in [3.8, 4) is 11.5 Å². The summed E-state index contributed by atoms with van der Waals surface area (Å²) in [6.07, 6.45) is 8.93. The van der Waals surface area contributed by atoms with Gasteiger partial charge in [-0.15, -0.1) is 0 Å². The number of hydrogen-bond donors (Lipinski definition) is 0. The third kappa shape index (κ3) is 4.03. The maximum Gasteiger partial charge on any atom is 0.342 e. The number of fused-ring (bicyclic) bond motifs is 1. The lowest BCUT2D eigenvalue weighted by atomic mass is 9.99. The molecule has 0 unspecified atom stereocenters. The van der Waals surface area contributed by atoms with Crippen molar-refractivity contribution >= 4 is 5.97 Å². The molecule has 0 radical (unpaired) electrons. The largest absolute Gasteiger partial charge is 0.497 e. The highest BCUT2D eigenvalue weighted by Crippen LogP contribution is 2.31. The summed E-state index contributed by atoms with van der Waals surface area (Å²) in [5, 5.41) is 0. The van der Waals surface area contributed by atoms with Gasteiger partial charge in [0.2, 0.25) is 0 Å². The van der Waals surface area contributed by atoms with Crippen LogP contribution in [0.15, 0.2) is 24.3 Å². The van der Waals surface area contributed by atoms with Crippen LogP contribution in [0.2, 0.25) is 0 Å². The summed E-state index contributed by atoms with van der Waals surface area (Å²) < 4.78 is 16.2. The number of benzene rings is 1. The van der Waals surface area contributed by atoms with Crippen molar-refractivity contribution < 1.29 is 19.0 Å². The second-order valence-electron chi connectivity index (χ2n) is 5.50. The summed E-state index contributed by atoms with van der Waals surface area (Å²) in [4.78, 5) is 12.5. The van der Waals surface area contributed by atoms with Crippen molar-refractivity contribution in [2.24, 2.45) is 0 Å². The van der Waals surface area contributed by atoms with Gasteiger partial charge in [0.25, 0.3) is 0 Å². The second-order valence-corrected chi connectivity index (χ2v) is 5.50. The Bertz CT molecular complexity index is 548. The first kappa shape index (κ1) is 16.4. The van der Waals surface area contributed by atoms with Crippen molar-refractivity contribution in [1.29, 1.82) is 0 Å². The normalized spacial score (nSPS) is 19.4. The molecule has 2 rings (SSSR count). The van der Waals surface area contributed by atoms with Gasteiger partial charge in [-0.2, -0.15) is 0 Å². The average molecular weight is 304 g/mol. The highest BCUT2D eigenvalue weighted by Gasteiger charge is 2.22. The first-order valence-corrected chi connectivity index (χ1v) is 7.78. The van der Waals surface area contributed by atoms with Gasteiger partial charge in [-0.25, -0.2) is 4.79 Å². The number of aryl methyl sites for hydroxylation is 1. The van der Waals surface area contributed by atoms with Crippen molar-refractivity contribution in [2.75, 3.05) is 14.2 Å². The lowest BCUT2D eigenvalue weighted by Crippen LogP contribution is -2.16. The molecule has 1 aromatic rings. The van der Waals surface area contributed by atoms with Crippen LogP contribution in [-0.4, -0.2) is 26.3 Å². The molecule has 120 valence electrons. The summed E-state index contributed by atoms with van der Waals surface area (Å²) >= 11 is 0. The number of ether oxygens (including phenoxy) is 3. The molecule has 1 aromatic carbocycles. The average Bonchev–Trinajstić information content (AvgIpc) is 2.51. The van der Waals surface area contributed by atoms with Crippen molar-refractivity contribution in [1.82, 2.24) is 0 Å². The van der Waals surface area contributed by atoms with Crippen LogP contribution < -0.4 is 9.47 Å². The lowest BCUT2D eigenvalue weighted by molar-refractivity contribution is 0.0419. The SMILES string of the molecule is COc1cc2c(c(OC)c1)C(=O)O[C@H](C)C=CCCCCC2. The maximum atomic E-state index is 12.5. The molecule has 0 aromatic heterocycles. The van der Waals surface area contributed by atoms with Crippen molar-refractivity contribution in [3.05, 3.63) is 35.4 Å². The molecule has 0 N–H and O–H groups in total. The number of cyclic esters (lactones) is 1. The first-order chi connectivity index (χ1) is 10.7. The molecular weight excluding hydrogens is 280 g/mol. The van der Waals surface area contributed by atoms with E-state index in [1.807, 2.05) is 19.1 Å². The van der Waals surface area contributed by atoms with Crippen LogP contribution in [0, 0.1) is 0 Å². The molecule has 1 heterocycles. The molecule has 0 fully saturated rings. The molecular formula is C18H24O4. The van der Waals surface area contributed by atoms with Crippen LogP contribution in [0.1, 0.15) is 48.5 Å². The van der Waals surface area contributed by atoms with Crippen LogP contribution in [0.3, 0.4) is 0 Å². The maximum absolute atomic E-state index is 12.5. The lowest BCUT2D eigenvalue weighted by Gasteiger charge is -2.17. The number of allylic oxidation sites excluding steroid dienone is 1. The zero-order chi connectivity index (χ0) is 15.9. The van der Waals surface area contributed by atoms with Gasteiger partial charge in [-0.1, -0.05) is 12.5 Å². The molecule has 0 spiro atoms. The smallest absolute Gasteiger partial charge is 0.342 e. The van der Waals surface area contributed by atoms with Crippen LogP contribution in [-0.2, 0) is 11.2 Å². The fourth-order valence-corrected chi connectivity index (χ4v) is 2.66. The molecule has 0 saturated heterocycles. The summed E-state index contributed by atoms with van der Waals surface area (Å²) in [6.45, 7) is 1.87. The number of rotatable bonds is 2. The topological polar surface area (TPSA) is 44.8 Å². The van der Waals surface area contributed by atoms with E-state index in [-0.39, 0.29) is 12.1 Å². The zero-order valence-corrected chi connectivity index (χ0v) is 13.6. The molecule has 0 saturated carbocycles. The predicted octanol–water partition coefficient (Wildman–Crippen LogP) is 3.92. The molecule has 22 heavy (non-hydrogen) atoms. The van der Waals surface area contributed by atoms with Gasteiger partial charge < -0.3 is 14.2 Å². The van der Waals surface area contributed by atoms with E-state index in [1.165, 1.54) is 0 Å². The molecule has 0 bridgehead atoms. The molecule has 1 atom stereocenters.